The van der Waals surface area contributed by atoms with Crippen LogP contribution in [0.15, 0.2) is 29.6 Å². The van der Waals surface area contributed by atoms with Crippen molar-refractivity contribution in [2.75, 3.05) is 18.5 Å². The Bertz CT molecular complexity index is 662. The lowest BCUT2D eigenvalue weighted by Crippen LogP contribution is -2.38. The quantitative estimate of drug-likeness (QED) is 0.472. The first-order valence-corrected chi connectivity index (χ1v) is 8.05. The largest absolute Gasteiger partial charge is 0.464 e. The van der Waals surface area contributed by atoms with E-state index in [0.717, 1.165) is 17.5 Å². The van der Waals surface area contributed by atoms with Gasteiger partial charge in [-0.1, -0.05) is 6.07 Å². The highest BCUT2D eigenvalue weighted by Gasteiger charge is 2.37. The fourth-order valence-electron chi connectivity index (χ4n) is 2.66. The van der Waals surface area contributed by atoms with Gasteiger partial charge in [-0.05, 0) is 56.9 Å². The fraction of sp³-hybridized carbons (Fsp3) is 0.471. The van der Waals surface area contributed by atoms with Crippen LogP contribution in [-0.4, -0.2) is 30.1 Å². The van der Waals surface area contributed by atoms with Gasteiger partial charge in [0, 0.05) is 12.2 Å². The molecule has 1 unspecified atom stereocenters. The number of nitrogens with zero attached hydrogens (tertiary/aromatic N) is 1. The smallest absolute Gasteiger partial charge is 0.340 e. The Morgan fingerprint density at radius 2 is 2.17 bits per heavy atom. The molecular weight excluding hydrogens is 310 g/mol. The number of hydrogen-bond donors (Lipinski definition) is 2. The summed E-state index contributed by atoms with van der Waals surface area (Å²) >= 11 is 0. The Balaban J connectivity index is 2.39. The van der Waals surface area contributed by atoms with Crippen molar-refractivity contribution in [2.45, 2.75) is 39.7 Å². The van der Waals surface area contributed by atoms with Gasteiger partial charge in [0.15, 0.2) is 0 Å². The van der Waals surface area contributed by atoms with E-state index >= 15 is 0 Å². The summed E-state index contributed by atoms with van der Waals surface area (Å²) in [5.74, 6) is -0.649. The number of anilines is 1. The highest BCUT2D eigenvalue weighted by Crippen LogP contribution is 2.23. The van der Waals surface area contributed by atoms with Gasteiger partial charge in [-0.2, -0.15) is 0 Å². The lowest BCUT2D eigenvalue weighted by Gasteiger charge is -2.18. The van der Waals surface area contributed by atoms with Gasteiger partial charge in [0.1, 0.15) is 0 Å². The zero-order valence-electron chi connectivity index (χ0n) is 14.2. The van der Waals surface area contributed by atoms with Crippen molar-refractivity contribution in [1.29, 1.82) is 0 Å². The SMILES string of the molecule is CCOC(=O)C(Nc1ccc(C)c(C)c1)/C(=C1\CCCN1)[N+](=O)[O-]. The van der Waals surface area contributed by atoms with E-state index in [0.29, 0.717) is 24.4 Å². The Morgan fingerprint density at radius 1 is 1.42 bits per heavy atom. The van der Waals surface area contributed by atoms with Gasteiger partial charge in [-0.25, -0.2) is 4.79 Å². The van der Waals surface area contributed by atoms with Crippen molar-refractivity contribution in [3.63, 3.8) is 0 Å². The third-order valence-electron chi connectivity index (χ3n) is 4.06. The van der Waals surface area contributed by atoms with Gasteiger partial charge >= 0.3 is 5.97 Å². The number of nitrogens with one attached hydrogen (secondary N) is 2. The first kappa shape index (κ1) is 17.8. The van der Waals surface area contributed by atoms with Gasteiger partial charge in [0.2, 0.25) is 6.04 Å². The first-order chi connectivity index (χ1) is 11.4. The molecule has 24 heavy (non-hydrogen) atoms. The topological polar surface area (TPSA) is 93.5 Å². The molecule has 130 valence electrons. The van der Waals surface area contributed by atoms with E-state index in [1.165, 1.54) is 0 Å². The molecule has 1 aromatic rings. The average molecular weight is 333 g/mol. The molecule has 1 aromatic carbocycles. The normalized spacial score (nSPS) is 17.0. The van der Waals surface area contributed by atoms with Crippen LogP contribution in [0.1, 0.15) is 30.9 Å². The monoisotopic (exact) mass is 333 g/mol. The second kappa shape index (κ2) is 7.81. The van der Waals surface area contributed by atoms with E-state index in [4.69, 9.17) is 4.74 Å². The number of carbonyl (C=O) groups excluding carboxylic acids is 1. The molecule has 0 radical (unpaired) electrons. The molecule has 1 aliphatic rings. The number of carbonyl (C=O) groups is 1. The average Bonchev–Trinajstić information content (AvgIpc) is 3.04. The Labute approximate surface area is 141 Å². The minimum absolute atomic E-state index is 0.163. The number of nitro groups is 1. The van der Waals surface area contributed by atoms with Gasteiger partial charge < -0.3 is 15.4 Å². The number of hydrogen-bond acceptors (Lipinski definition) is 6. The van der Waals surface area contributed by atoms with E-state index in [1.54, 1.807) is 13.0 Å². The summed E-state index contributed by atoms with van der Waals surface area (Å²) in [4.78, 5) is 23.5. The summed E-state index contributed by atoms with van der Waals surface area (Å²) in [5, 5.41) is 17.6. The van der Waals surface area contributed by atoms with Crippen LogP contribution >= 0.6 is 0 Å². The maximum Gasteiger partial charge on any atom is 0.340 e. The summed E-state index contributed by atoms with van der Waals surface area (Å²) in [5.41, 5.74) is 3.13. The second-order valence-electron chi connectivity index (χ2n) is 5.78. The van der Waals surface area contributed by atoms with Crippen molar-refractivity contribution in [3.05, 3.63) is 50.8 Å². The summed E-state index contributed by atoms with van der Waals surface area (Å²) in [7, 11) is 0. The van der Waals surface area contributed by atoms with E-state index in [1.807, 2.05) is 26.0 Å². The predicted octanol–water partition coefficient (Wildman–Crippen LogP) is 2.52. The van der Waals surface area contributed by atoms with Crippen LogP contribution in [0.2, 0.25) is 0 Å². The molecule has 0 bridgehead atoms. The summed E-state index contributed by atoms with van der Waals surface area (Å²) in [6, 6.07) is 4.43. The van der Waals surface area contributed by atoms with Gasteiger partial charge in [0.25, 0.3) is 5.70 Å². The lowest BCUT2D eigenvalue weighted by atomic mass is 10.1. The molecule has 1 fully saturated rings. The molecule has 1 saturated heterocycles. The van der Waals surface area contributed by atoms with Crippen LogP contribution in [0.3, 0.4) is 0 Å². The van der Waals surface area contributed by atoms with Crippen LogP contribution in [0.5, 0.6) is 0 Å². The number of aryl methyl sites for hydroxylation is 2. The third kappa shape index (κ3) is 4.04. The fourth-order valence-corrected chi connectivity index (χ4v) is 2.66. The van der Waals surface area contributed by atoms with E-state index < -0.39 is 16.9 Å². The number of ether oxygens (including phenoxy) is 1. The van der Waals surface area contributed by atoms with Crippen molar-refractivity contribution in [1.82, 2.24) is 5.32 Å². The molecule has 1 heterocycles. The molecule has 0 amide bonds. The van der Waals surface area contributed by atoms with Crippen molar-refractivity contribution in [3.8, 4) is 0 Å². The zero-order valence-corrected chi connectivity index (χ0v) is 14.2. The zero-order chi connectivity index (χ0) is 17.7. The van der Waals surface area contributed by atoms with Crippen LogP contribution in [0, 0.1) is 24.0 Å². The highest BCUT2D eigenvalue weighted by atomic mass is 16.6. The standard InChI is InChI=1S/C17H23N3O4/c1-4-24-17(21)15(16(20(22)23)14-6-5-9-18-14)19-13-8-7-11(2)12(3)10-13/h7-8,10,15,18-19H,4-6,9H2,1-3H3/b16-14-. The number of esters is 1. The van der Waals surface area contributed by atoms with Gasteiger partial charge in [0.05, 0.1) is 17.2 Å². The highest BCUT2D eigenvalue weighted by molar-refractivity contribution is 5.82. The minimum Gasteiger partial charge on any atom is -0.464 e. The third-order valence-corrected chi connectivity index (χ3v) is 4.06. The second-order valence-corrected chi connectivity index (χ2v) is 5.78. The summed E-state index contributed by atoms with van der Waals surface area (Å²) in [6.45, 7) is 6.45. The molecule has 0 aliphatic carbocycles. The Hall–Kier alpha value is -2.57. The van der Waals surface area contributed by atoms with E-state index in [2.05, 4.69) is 10.6 Å². The predicted molar refractivity (Wildman–Crippen MR) is 91.2 cm³/mol. The lowest BCUT2D eigenvalue weighted by molar-refractivity contribution is -0.429. The molecule has 0 saturated carbocycles. The van der Waals surface area contributed by atoms with Crippen molar-refractivity contribution < 1.29 is 14.5 Å². The number of allylic oxidation sites excluding steroid dienone is 1. The molecular formula is C17H23N3O4. The molecule has 7 heteroatoms. The number of benzene rings is 1. The van der Waals surface area contributed by atoms with Crippen molar-refractivity contribution in [2.24, 2.45) is 0 Å². The van der Waals surface area contributed by atoms with Crippen LogP contribution in [0.25, 0.3) is 0 Å². The van der Waals surface area contributed by atoms with Gasteiger partial charge in [-0.15, -0.1) is 0 Å². The maximum absolute atomic E-state index is 12.4. The molecule has 1 atom stereocenters. The summed E-state index contributed by atoms with van der Waals surface area (Å²) < 4.78 is 5.05. The van der Waals surface area contributed by atoms with E-state index in [-0.39, 0.29) is 12.3 Å². The van der Waals surface area contributed by atoms with Gasteiger partial charge in [-0.3, -0.25) is 10.1 Å². The van der Waals surface area contributed by atoms with Crippen LogP contribution in [-0.2, 0) is 9.53 Å². The Morgan fingerprint density at radius 3 is 2.71 bits per heavy atom. The molecule has 7 nitrogen and oxygen atoms in total. The first-order valence-electron chi connectivity index (χ1n) is 8.05. The molecule has 2 N–H and O–H groups in total. The molecule has 1 aliphatic heterocycles. The van der Waals surface area contributed by atoms with Crippen LogP contribution < -0.4 is 10.6 Å². The van der Waals surface area contributed by atoms with E-state index in [9.17, 15) is 14.9 Å². The number of rotatable bonds is 6. The molecule has 2 rings (SSSR count). The molecule has 0 spiro atoms. The molecule has 0 aromatic heterocycles. The Kier molecular flexibility index (Phi) is 5.78. The summed E-state index contributed by atoms with van der Waals surface area (Å²) in [6.07, 6.45) is 1.37. The van der Waals surface area contributed by atoms with Crippen LogP contribution in [0.4, 0.5) is 5.69 Å². The minimum atomic E-state index is -1.15. The van der Waals surface area contributed by atoms with Crippen molar-refractivity contribution >= 4 is 11.7 Å². The maximum atomic E-state index is 12.4.